The average molecular weight is 306 g/mol. The topological polar surface area (TPSA) is 59.3 Å². The molecule has 3 rings (SSSR count). The van der Waals surface area contributed by atoms with Crippen LogP contribution in [0, 0.1) is 5.92 Å². The fourth-order valence-corrected chi connectivity index (χ4v) is 3.84. The van der Waals surface area contributed by atoms with Crippen LogP contribution in [-0.4, -0.2) is 21.1 Å². The molecule has 6 heteroatoms. The first-order valence-electron chi connectivity index (χ1n) is 7.90. The molecule has 5 nitrogen and oxygen atoms in total. The Bertz CT molecular complexity index is 657. The normalized spacial score (nSPS) is 15.9. The molecule has 0 atom stereocenters. The third-order valence-corrected chi connectivity index (χ3v) is 4.97. The number of aryl methyl sites for hydroxylation is 1. The summed E-state index contributed by atoms with van der Waals surface area (Å²) >= 11 is 1.46. The first-order chi connectivity index (χ1) is 10.3. The Kier molecular flexibility index (Phi) is 4.53. The van der Waals surface area contributed by atoms with Crippen LogP contribution in [0.1, 0.15) is 51.1 Å². The molecule has 21 heavy (non-hydrogen) atoms. The van der Waals surface area contributed by atoms with Crippen molar-refractivity contribution in [1.29, 1.82) is 0 Å². The van der Waals surface area contributed by atoms with E-state index in [-0.39, 0.29) is 5.56 Å². The maximum Gasteiger partial charge on any atom is 0.275 e. The van der Waals surface area contributed by atoms with Crippen LogP contribution in [0.4, 0.5) is 5.13 Å². The van der Waals surface area contributed by atoms with Crippen molar-refractivity contribution in [2.75, 3.05) is 11.9 Å². The molecule has 0 bridgehead atoms. The Morgan fingerprint density at radius 3 is 3.00 bits per heavy atom. The van der Waals surface area contributed by atoms with Crippen LogP contribution < -0.4 is 10.9 Å². The molecule has 0 radical (unpaired) electrons. The minimum Gasteiger partial charge on any atom is -0.360 e. The summed E-state index contributed by atoms with van der Waals surface area (Å²) in [4.78, 5) is 17.2. The first kappa shape index (κ1) is 14.5. The van der Waals surface area contributed by atoms with E-state index in [1.54, 1.807) is 6.07 Å². The summed E-state index contributed by atoms with van der Waals surface area (Å²) in [5.41, 5.74) is 0.784. The van der Waals surface area contributed by atoms with E-state index in [0.29, 0.717) is 4.96 Å². The Balaban J connectivity index is 1.68. The van der Waals surface area contributed by atoms with Gasteiger partial charge in [-0.05, 0) is 18.8 Å². The Hall–Kier alpha value is -1.43. The van der Waals surface area contributed by atoms with E-state index >= 15 is 0 Å². The fourth-order valence-electron chi connectivity index (χ4n) is 2.99. The molecule has 2 aromatic heterocycles. The van der Waals surface area contributed by atoms with Crippen LogP contribution in [-0.2, 0) is 6.42 Å². The molecule has 2 heterocycles. The van der Waals surface area contributed by atoms with Gasteiger partial charge in [0.1, 0.15) is 0 Å². The van der Waals surface area contributed by atoms with Gasteiger partial charge in [-0.25, -0.2) is 4.98 Å². The molecule has 0 aromatic carbocycles. The van der Waals surface area contributed by atoms with Gasteiger partial charge in [0, 0.05) is 18.3 Å². The molecule has 1 fully saturated rings. The quantitative estimate of drug-likeness (QED) is 0.891. The summed E-state index contributed by atoms with van der Waals surface area (Å²) in [6, 6.07) is 1.60. The van der Waals surface area contributed by atoms with Crippen molar-refractivity contribution in [3.63, 3.8) is 0 Å². The predicted octanol–water partition coefficient (Wildman–Crippen LogP) is 3.10. The SMILES string of the molecule is CCCc1cc(=O)n2nc(NCCC3CCCC3)sc2n1. The van der Waals surface area contributed by atoms with Gasteiger partial charge in [0.2, 0.25) is 10.1 Å². The number of nitrogens with one attached hydrogen (secondary N) is 1. The van der Waals surface area contributed by atoms with E-state index in [1.807, 2.05) is 0 Å². The Morgan fingerprint density at radius 2 is 2.24 bits per heavy atom. The molecule has 114 valence electrons. The second-order valence-electron chi connectivity index (χ2n) is 5.80. The van der Waals surface area contributed by atoms with Gasteiger partial charge < -0.3 is 5.32 Å². The molecule has 2 aromatic rings. The number of rotatable bonds is 6. The molecule has 0 saturated heterocycles. The molecule has 0 spiro atoms. The number of aromatic nitrogens is 3. The molecule has 0 unspecified atom stereocenters. The molecule has 1 N–H and O–H groups in total. The zero-order valence-corrected chi connectivity index (χ0v) is 13.3. The number of hydrogen-bond acceptors (Lipinski definition) is 5. The summed E-state index contributed by atoms with van der Waals surface area (Å²) in [5, 5.41) is 8.47. The Labute approximate surface area is 128 Å². The maximum atomic E-state index is 12.0. The lowest BCUT2D eigenvalue weighted by Crippen LogP contribution is -2.15. The molecule has 0 amide bonds. The zero-order valence-electron chi connectivity index (χ0n) is 12.5. The van der Waals surface area contributed by atoms with Crippen molar-refractivity contribution in [3.8, 4) is 0 Å². The second-order valence-corrected chi connectivity index (χ2v) is 6.76. The monoisotopic (exact) mass is 306 g/mol. The maximum absolute atomic E-state index is 12.0. The first-order valence-corrected chi connectivity index (χ1v) is 8.71. The van der Waals surface area contributed by atoms with Gasteiger partial charge in [0.25, 0.3) is 5.56 Å². The Morgan fingerprint density at radius 1 is 1.43 bits per heavy atom. The van der Waals surface area contributed by atoms with E-state index in [4.69, 9.17) is 0 Å². The van der Waals surface area contributed by atoms with Crippen LogP contribution in [0.3, 0.4) is 0 Å². The van der Waals surface area contributed by atoms with Crippen LogP contribution in [0.25, 0.3) is 4.96 Å². The predicted molar refractivity (Wildman–Crippen MR) is 86.2 cm³/mol. The molecule has 1 saturated carbocycles. The van der Waals surface area contributed by atoms with Gasteiger partial charge >= 0.3 is 0 Å². The number of fused-ring (bicyclic) bond motifs is 1. The number of anilines is 1. The highest BCUT2D eigenvalue weighted by molar-refractivity contribution is 7.20. The number of hydrogen-bond donors (Lipinski definition) is 1. The van der Waals surface area contributed by atoms with Gasteiger partial charge in [0.05, 0.1) is 0 Å². The molecular formula is C15H22N4OS. The van der Waals surface area contributed by atoms with Crippen molar-refractivity contribution >= 4 is 21.4 Å². The largest absolute Gasteiger partial charge is 0.360 e. The fraction of sp³-hybridized carbons (Fsp3) is 0.667. The van der Waals surface area contributed by atoms with Crippen molar-refractivity contribution in [3.05, 3.63) is 22.1 Å². The molecule has 1 aliphatic carbocycles. The van der Waals surface area contributed by atoms with Crippen LogP contribution in [0.2, 0.25) is 0 Å². The molecule has 1 aliphatic rings. The van der Waals surface area contributed by atoms with Crippen molar-refractivity contribution in [2.24, 2.45) is 5.92 Å². The van der Waals surface area contributed by atoms with E-state index in [1.165, 1.54) is 48.0 Å². The van der Waals surface area contributed by atoms with E-state index < -0.39 is 0 Å². The summed E-state index contributed by atoms with van der Waals surface area (Å²) in [5.74, 6) is 0.865. The second kappa shape index (κ2) is 6.56. The van der Waals surface area contributed by atoms with Gasteiger partial charge in [-0.3, -0.25) is 4.79 Å². The van der Waals surface area contributed by atoms with Crippen molar-refractivity contribution < 1.29 is 0 Å². The van der Waals surface area contributed by atoms with Crippen molar-refractivity contribution in [2.45, 2.75) is 51.9 Å². The van der Waals surface area contributed by atoms with Gasteiger partial charge in [-0.15, -0.1) is 5.10 Å². The lowest BCUT2D eigenvalue weighted by atomic mass is 10.0. The summed E-state index contributed by atoms with van der Waals surface area (Å²) in [6.45, 7) is 3.02. The third kappa shape index (κ3) is 3.43. The third-order valence-electron chi connectivity index (χ3n) is 4.11. The summed E-state index contributed by atoms with van der Waals surface area (Å²) < 4.78 is 1.40. The highest BCUT2D eigenvalue weighted by atomic mass is 32.1. The minimum absolute atomic E-state index is 0.0801. The lowest BCUT2D eigenvalue weighted by Gasteiger charge is -2.08. The smallest absolute Gasteiger partial charge is 0.275 e. The number of nitrogens with zero attached hydrogens (tertiary/aromatic N) is 3. The lowest BCUT2D eigenvalue weighted by molar-refractivity contribution is 0.518. The van der Waals surface area contributed by atoms with E-state index in [0.717, 1.165) is 36.1 Å². The van der Waals surface area contributed by atoms with Gasteiger partial charge in [-0.1, -0.05) is 50.4 Å². The van der Waals surface area contributed by atoms with Gasteiger partial charge in [-0.2, -0.15) is 4.52 Å². The highest BCUT2D eigenvalue weighted by Gasteiger charge is 2.15. The van der Waals surface area contributed by atoms with Gasteiger partial charge in [0.15, 0.2) is 0 Å². The van der Waals surface area contributed by atoms with Crippen LogP contribution >= 0.6 is 11.3 Å². The molecular weight excluding hydrogens is 284 g/mol. The highest BCUT2D eigenvalue weighted by Crippen LogP contribution is 2.27. The zero-order chi connectivity index (χ0) is 14.7. The van der Waals surface area contributed by atoms with E-state index in [9.17, 15) is 4.79 Å². The minimum atomic E-state index is -0.0801. The average Bonchev–Trinajstić information content (AvgIpc) is 3.08. The summed E-state index contributed by atoms with van der Waals surface area (Å²) in [7, 11) is 0. The van der Waals surface area contributed by atoms with Crippen LogP contribution in [0.5, 0.6) is 0 Å². The van der Waals surface area contributed by atoms with E-state index in [2.05, 4.69) is 22.3 Å². The standard InChI is InChI=1S/C15H22N4OS/c1-2-5-12-10-13(20)19-15(17-12)21-14(18-19)16-9-8-11-6-3-4-7-11/h10-11H,2-9H2,1H3,(H,16,18). The van der Waals surface area contributed by atoms with Crippen molar-refractivity contribution in [1.82, 2.24) is 14.6 Å². The molecule has 0 aliphatic heterocycles. The van der Waals surface area contributed by atoms with Crippen LogP contribution in [0.15, 0.2) is 10.9 Å². The summed E-state index contributed by atoms with van der Waals surface area (Å²) in [6.07, 6.45) is 8.52.